The van der Waals surface area contributed by atoms with Crippen molar-refractivity contribution in [2.75, 3.05) is 18.5 Å². The van der Waals surface area contributed by atoms with Crippen LogP contribution in [0.5, 0.6) is 0 Å². The molecule has 0 spiro atoms. The van der Waals surface area contributed by atoms with E-state index >= 15 is 0 Å². The van der Waals surface area contributed by atoms with E-state index < -0.39 is 25.3 Å². The number of anilines is 1. The van der Waals surface area contributed by atoms with E-state index in [1.54, 1.807) is 18.2 Å². The van der Waals surface area contributed by atoms with Gasteiger partial charge in [-0.25, -0.2) is 4.68 Å². The molecule has 0 aliphatic heterocycles. The Hall–Kier alpha value is -1.77. The molecule has 1 N–H and O–H groups in total. The van der Waals surface area contributed by atoms with Crippen molar-refractivity contribution in [3.05, 3.63) is 46.1 Å². The number of nitrogens with one attached hydrogen (secondary N) is 1. The third kappa shape index (κ3) is 5.40. The molecule has 0 fully saturated rings. The van der Waals surface area contributed by atoms with Crippen molar-refractivity contribution in [1.82, 2.24) is 9.78 Å². The number of carbonyl (C=O) groups is 1. The third-order valence-electron chi connectivity index (χ3n) is 2.83. The molecule has 0 atom stereocenters. The fourth-order valence-electron chi connectivity index (χ4n) is 1.84. The van der Waals surface area contributed by atoms with Gasteiger partial charge in [0.2, 0.25) is 0 Å². The number of carbonyl (C=O) groups excluding carboxylic acids is 1. The maximum absolute atomic E-state index is 12.0. The highest BCUT2D eigenvalue weighted by atomic mass is 35.5. The molecule has 1 heterocycles. The number of halogens is 5. The van der Waals surface area contributed by atoms with Gasteiger partial charge in [-0.2, -0.15) is 18.3 Å². The lowest BCUT2D eigenvalue weighted by Crippen LogP contribution is -2.25. The van der Waals surface area contributed by atoms with E-state index in [1.807, 2.05) is 0 Å². The Morgan fingerprint density at radius 3 is 2.75 bits per heavy atom. The van der Waals surface area contributed by atoms with Crippen LogP contribution in [0.25, 0.3) is 0 Å². The van der Waals surface area contributed by atoms with Gasteiger partial charge in [0.1, 0.15) is 19.0 Å². The fourth-order valence-corrected chi connectivity index (χ4v) is 2.22. The number of aromatic nitrogens is 2. The summed E-state index contributed by atoms with van der Waals surface area (Å²) in [7, 11) is 0. The summed E-state index contributed by atoms with van der Waals surface area (Å²) < 4.78 is 41.6. The summed E-state index contributed by atoms with van der Waals surface area (Å²) in [6.07, 6.45) is -3.05. The lowest BCUT2D eigenvalue weighted by Gasteiger charge is -2.11. The standard InChI is InChI=1S/C14H12Cl2F3N3O2/c15-10-3-1-2-9(13(10)16)6-22-11(4-5-20-22)21-12(23)7-24-8-14(17,18)19/h1-5H,6-8H2,(H,21,23). The molecule has 2 rings (SSSR count). The van der Waals surface area contributed by atoms with Crippen LogP contribution in [0.15, 0.2) is 30.5 Å². The minimum Gasteiger partial charge on any atom is -0.362 e. The highest BCUT2D eigenvalue weighted by Crippen LogP contribution is 2.26. The van der Waals surface area contributed by atoms with E-state index in [1.165, 1.54) is 16.9 Å². The van der Waals surface area contributed by atoms with Crippen LogP contribution in [-0.2, 0) is 16.1 Å². The molecule has 1 aromatic carbocycles. The minimum atomic E-state index is -4.48. The molecule has 0 aliphatic rings. The molecule has 0 saturated carbocycles. The average Bonchev–Trinajstić information content (AvgIpc) is 2.89. The summed E-state index contributed by atoms with van der Waals surface area (Å²) in [5.41, 5.74) is 0.677. The second-order valence-electron chi connectivity index (χ2n) is 4.74. The predicted molar refractivity (Wildman–Crippen MR) is 83.3 cm³/mol. The normalized spacial score (nSPS) is 11.5. The Morgan fingerprint density at radius 2 is 2.04 bits per heavy atom. The van der Waals surface area contributed by atoms with Gasteiger partial charge in [-0.1, -0.05) is 35.3 Å². The molecule has 0 saturated heterocycles. The number of ether oxygens (including phenoxy) is 1. The van der Waals surface area contributed by atoms with E-state index in [0.717, 1.165) is 0 Å². The molecular formula is C14H12Cl2F3N3O2. The van der Waals surface area contributed by atoms with Crippen molar-refractivity contribution in [1.29, 1.82) is 0 Å². The fraction of sp³-hybridized carbons (Fsp3) is 0.286. The van der Waals surface area contributed by atoms with Crippen molar-refractivity contribution in [3.63, 3.8) is 0 Å². The summed E-state index contributed by atoms with van der Waals surface area (Å²) in [5.74, 6) is -0.426. The number of hydrogen-bond acceptors (Lipinski definition) is 3. The van der Waals surface area contributed by atoms with Gasteiger partial charge < -0.3 is 10.1 Å². The zero-order valence-electron chi connectivity index (χ0n) is 12.1. The zero-order chi connectivity index (χ0) is 17.7. The Morgan fingerprint density at radius 1 is 1.29 bits per heavy atom. The Balaban J connectivity index is 1.97. The number of benzene rings is 1. The second-order valence-corrected chi connectivity index (χ2v) is 5.53. The molecule has 0 bridgehead atoms. The van der Waals surface area contributed by atoms with Crippen LogP contribution < -0.4 is 5.32 Å². The molecule has 0 radical (unpaired) electrons. The zero-order valence-corrected chi connectivity index (χ0v) is 13.6. The number of nitrogens with zero attached hydrogens (tertiary/aromatic N) is 2. The summed E-state index contributed by atoms with van der Waals surface area (Å²) in [4.78, 5) is 11.6. The van der Waals surface area contributed by atoms with Crippen LogP contribution >= 0.6 is 23.2 Å². The van der Waals surface area contributed by atoms with Gasteiger partial charge in [0.15, 0.2) is 0 Å². The molecule has 10 heteroatoms. The number of rotatable bonds is 6. The van der Waals surface area contributed by atoms with Crippen LogP contribution in [0.1, 0.15) is 5.56 Å². The Bertz CT molecular complexity index is 720. The first-order valence-corrected chi connectivity index (χ1v) is 7.41. The molecule has 5 nitrogen and oxygen atoms in total. The minimum absolute atomic E-state index is 0.228. The summed E-state index contributed by atoms with van der Waals surface area (Å²) in [6, 6.07) is 6.60. The SMILES string of the molecule is O=C(COCC(F)(F)F)Nc1ccnn1Cc1cccc(Cl)c1Cl. The van der Waals surface area contributed by atoms with Gasteiger partial charge in [0.05, 0.1) is 22.8 Å². The quantitative estimate of drug-likeness (QED) is 0.828. The molecule has 2 aromatic rings. The van der Waals surface area contributed by atoms with Crippen LogP contribution in [0.4, 0.5) is 19.0 Å². The molecular weight excluding hydrogens is 370 g/mol. The Kier molecular flexibility index (Phi) is 6.09. The highest BCUT2D eigenvalue weighted by Gasteiger charge is 2.27. The summed E-state index contributed by atoms with van der Waals surface area (Å²) in [6.45, 7) is -1.98. The lowest BCUT2D eigenvalue weighted by atomic mass is 10.2. The van der Waals surface area contributed by atoms with Gasteiger partial charge >= 0.3 is 6.18 Å². The van der Waals surface area contributed by atoms with Gasteiger partial charge in [-0.15, -0.1) is 0 Å². The van der Waals surface area contributed by atoms with E-state index in [4.69, 9.17) is 23.2 Å². The van der Waals surface area contributed by atoms with Gasteiger partial charge in [-0.3, -0.25) is 4.79 Å². The highest BCUT2D eigenvalue weighted by molar-refractivity contribution is 6.42. The van der Waals surface area contributed by atoms with E-state index in [-0.39, 0.29) is 6.54 Å². The average molecular weight is 382 g/mol. The first-order chi connectivity index (χ1) is 11.3. The van der Waals surface area contributed by atoms with Crippen molar-refractivity contribution < 1.29 is 22.7 Å². The smallest absolute Gasteiger partial charge is 0.362 e. The number of amides is 1. The first kappa shape index (κ1) is 18.6. The monoisotopic (exact) mass is 381 g/mol. The second kappa shape index (κ2) is 7.87. The van der Waals surface area contributed by atoms with Gasteiger partial charge in [0.25, 0.3) is 5.91 Å². The predicted octanol–water partition coefficient (Wildman–Crippen LogP) is 3.76. The number of alkyl halides is 3. The summed E-state index contributed by atoms with van der Waals surface area (Å²) in [5, 5.41) is 7.20. The van der Waals surface area contributed by atoms with Crippen molar-refractivity contribution in [2.24, 2.45) is 0 Å². The van der Waals surface area contributed by atoms with Crippen LogP contribution in [0.3, 0.4) is 0 Å². The third-order valence-corrected chi connectivity index (χ3v) is 3.69. The van der Waals surface area contributed by atoms with Gasteiger partial charge in [-0.05, 0) is 11.6 Å². The molecule has 130 valence electrons. The first-order valence-electron chi connectivity index (χ1n) is 6.65. The topological polar surface area (TPSA) is 56.1 Å². The molecule has 1 aromatic heterocycles. The van der Waals surface area contributed by atoms with Crippen molar-refractivity contribution in [2.45, 2.75) is 12.7 Å². The van der Waals surface area contributed by atoms with E-state index in [2.05, 4.69) is 15.2 Å². The van der Waals surface area contributed by atoms with E-state index in [9.17, 15) is 18.0 Å². The van der Waals surface area contributed by atoms with Crippen LogP contribution in [0, 0.1) is 0 Å². The lowest BCUT2D eigenvalue weighted by molar-refractivity contribution is -0.174. The Labute approximate surface area is 145 Å². The maximum Gasteiger partial charge on any atom is 0.411 e. The van der Waals surface area contributed by atoms with Gasteiger partial charge in [0, 0.05) is 6.07 Å². The van der Waals surface area contributed by atoms with Crippen molar-refractivity contribution >= 4 is 34.9 Å². The largest absolute Gasteiger partial charge is 0.411 e. The molecule has 24 heavy (non-hydrogen) atoms. The molecule has 0 aliphatic carbocycles. The number of hydrogen-bond donors (Lipinski definition) is 1. The molecule has 0 unspecified atom stereocenters. The van der Waals surface area contributed by atoms with Crippen LogP contribution in [-0.4, -0.2) is 35.1 Å². The van der Waals surface area contributed by atoms with Crippen molar-refractivity contribution in [3.8, 4) is 0 Å². The molecule has 1 amide bonds. The van der Waals surface area contributed by atoms with E-state index in [0.29, 0.717) is 21.4 Å². The van der Waals surface area contributed by atoms with Crippen LogP contribution in [0.2, 0.25) is 10.0 Å². The summed E-state index contributed by atoms with van der Waals surface area (Å²) >= 11 is 12.0. The maximum atomic E-state index is 12.0.